The molecule has 1 heterocycles. The Kier molecular flexibility index (Phi) is 6.98. The first-order valence-corrected chi connectivity index (χ1v) is 10.4. The molecule has 0 aliphatic carbocycles. The maximum Gasteiger partial charge on any atom is 0.281 e. The molecule has 2 rings (SSSR count). The summed E-state index contributed by atoms with van der Waals surface area (Å²) in [5.41, 5.74) is 2.22. The Morgan fingerprint density at radius 1 is 1.24 bits per heavy atom. The number of piperidine rings is 1. The van der Waals surface area contributed by atoms with Crippen molar-refractivity contribution in [3.63, 3.8) is 0 Å². The number of amides is 1. The molecule has 1 atom stereocenters. The van der Waals surface area contributed by atoms with Gasteiger partial charge in [-0.25, -0.2) is 0 Å². The monoisotopic (exact) mass is 367 g/mol. The number of nitrogens with one attached hydrogen (secondary N) is 1. The molecule has 0 bridgehead atoms. The van der Waals surface area contributed by atoms with E-state index >= 15 is 0 Å². The highest BCUT2D eigenvalue weighted by Gasteiger charge is 2.34. The van der Waals surface area contributed by atoms with Crippen LogP contribution in [0.15, 0.2) is 24.3 Å². The maximum atomic E-state index is 12.6. The van der Waals surface area contributed by atoms with Gasteiger partial charge in [0.2, 0.25) is 5.91 Å². The van der Waals surface area contributed by atoms with Gasteiger partial charge in [-0.3, -0.25) is 4.79 Å². The molecule has 1 aliphatic rings. The minimum absolute atomic E-state index is 0.0694. The molecule has 0 saturated carbocycles. The van der Waals surface area contributed by atoms with Crippen LogP contribution in [0.2, 0.25) is 0 Å². The van der Waals surface area contributed by atoms with Crippen molar-refractivity contribution < 1.29 is 13.2 Å². The number of carbonyl (C=O) groups excluding carboxylic acids is 1. The smallest absolute Gasteiger partial charge is 0.281 e. The quantitative estimate of drug-likeness (QED) is 0.800. The fraction of sp³-hybridized carbons (Fsp3) is 0.611. The maximum absolute atomic E-state index is 12.6. The van der Waals surface area contributed by atoms with E-state index in [1.165, 1.54) is 14.2 Å². The van der Waals surface area contributed by atoms with Crippen LogP contribution in [-0.2, 0) is 21.5 Å². The van der Waals surface area contributed by atoms with Crippen molar-refractivity contribution in [3.8, 4) is 0 Å². The number of hydrogen-bond acceptors (Lipinski definition) is 3. The van der Waals surface area contributed by atoms with E-state index in [2.05, 4.69) is 5.32 Å². The third kappa shape index (κ3) is 5.03. The Bertz CT molecular complexity index is 669. The summed E-state index contributed by atoms with van der Waals surface area (Å²) in [6.07, 6.45) is 1.44. The summed E-state index contributed by atoms with van der Waals surface area (Å²) in [6.45, 7) is 7.79. The van der Waals surface area contributed by atoms with Crippen molar-refractivity contribution in [2.75, 3.05) is 26.2 Å². The minimum Gasteiger partial charge on any atom is -0.352 e. The van der Waals surface area contributed by atoms with Crippen LogP contribution in [-0.4, -0.2) is 49.1 Å². The van der Waals surface area contributed by atoms with Crippen molar-refractivity contribution in [1.29, 1.82) is 0 Å². The third-order valence-electron chi connectivity index (χ3n) is 4.70. The van der Waals surface area contributed by atoms with Gasteiger partial charge >= 0.3 is 0 Å². The fourth-order valence-electron chi connectivity index (χ4n) is 3.12. The Labute approximate surface area is 151 Å². The summed E-state index contributed by atoms with van der Waals surface area (Å²) in [4.78, 5) is 12.5. The van der Waals surface area contributed by atoms with E-state index < -0.39 is 10.2 Å². The largest absolute Gasteiger partial charge is 0.352 e. The van der Waals surface area contributed by atoms with E-state index in [1.807, 2.05) is 45.0 Å². The number of aryl methyl sites for hydroxylation is 1. The van der Waals surface area contributed by atoms with Gasteiger partial charge in [0, 0.05) is 32.7 Å². The molecule has 0 aromatic heterocycles. The van der Waals surface area contributed by atoms with Gasteiger partial charge in [0.1, 0.15) is 0 Å². The second-order valence-electron chi connectivity index (χ2n) is 6.49. The zero-order valence-corrected chi connectivity index (χ0v) is 16.2. The van der Waals surface area contributed by atoms with E-state index in [-0.39, 0.29) is 18.4 Å². The van der Waals surface area contributed by atoms with E-state index in [0.717, 1.165) is 12.0 Å². The summed E-state index contributed by atoms with van der Waals surface area (Å²) in [7, 11) is -3.48. The molecule has 1 aromatic carbocycles. The van der Waals surface area contributed by atoms with Crippen LogP contribution in [0, 0.1) is 12.8 Å². The first-order valence-electron chi connectivity index (χ1n) is 8.97. The van der Waals surface area contributed by atoms with Crippen LogP contribution >= 0.6 is 0 Å². The molecule has 1 saturated heterocycles. The fourth-order valence-corrected chi connectivity index (χ4v) is 4.83. The molecule has 7 heteroatoms. The van der Waals surface area contributed by atoms with Crippen molar-refractivity contribution >= 4 is 16.1 Å². The van der Waals surface area contributed by atoms with Gasteiger partial charge in [-0.1, -0.05) is 43.7 Å². The molecule has 6 nitrogen and oxygen atoms in total. The highest BCUT2D eigenvalue weighted by molar-refractivity contribution is 7.86. The molecule has 25 heavy (non-hydrogen) atoms. The standard InChI is InChI=1S/C18H29N3O3S/c1-4-20(5-2)25(23,24)21-12-6-7-17(14-21)18(22)19-13-16-10-8-15(3)9-11-16/h8-11,17H,4-7,12-14H2,1-3H3,(H,19,22). The molecule has 140 valence electrons. The van der Waals surface area contributed by atoms with Gasteiger partial charge in [-0.15, -0.1) is 0 Å². The van der Waals surface area contributed by atoms with Gasteiger partial charge in [-0.2, -0.15) is 17.0 Å². The number of carbonyl (C=O) groups is 1. The second-order valence-corrected chi connectivity index (χ2v) is 8.42. The van der Waals surface area contributed by atoms with Crippen LogP contribution in [0.4, 0.5) is 0 Å². The SMILES string of the molecule is CCN(CC)S(=O)(=O)N1CCCC(C(=O)NCc2ccc(C)cc2)C1. The molecular weight excluding hydrogens is 338 g/mol. The first kappa shape index (κ1) is 19.9. The lowest BCUT2D eigenvalue weighted by Crippen LogP contribution is -2.50. The summed E-state index contributed by atoms with van der Waals surface area (Å²) in [5.74, 6) is -0.357. The zero-order valence-electron chi connectivity index (χ0n) is 15.4. The predicted molar refractivity (Wildman–Crippen MR) is 99.2 cm³/mol. The predicted octanol–water partition coefficient (Wildman–Crippen LogP) is 1.91. The molecule has 1 N–H and O–H groups in total. The summed E-state index contributed by atoms with van der Waals surface area (Å²) in [5, 5.41) is 2.94. The number of nitrogens with zero attached hydrogens (tertiary/aromatic N) is 2. The molecule has 1 fully saturated rings. The number of benzene rings is 1. The van der Waals surface area contributed by atoms with Crippen molar-refractivity contribution in [3.05, 3.63) is 35.4 Å². The summed E-state index contributed by atoms with van der Waals surface area (Å²) < 4.78 is 28.2. The second kappa shape index (κ2) is 8.78. The molecule has 1 amide bonds. The van der Waals surface area contributed by atoms with Crippen LogP contribution in [0.25, 0.3) is 0 Å². The summed E-state index contributed by atoms with van der Waals surface area (Å²) >= 11 is 0. The van der Waals surface area contributed by atoms with Crippen LogP contribution in [0.3, 0.4) is 0 Å². The van der Waals surface area contributed by atoms with Gasteiger partial charge in [0.15, 0.2) is 0 Å². The molecule has 1 unspecified atom stereocenters. The molecule has 0 radical (unpaired) electrons. The number of rotatable bonds is 7. The Hall–Kier alpha value is -1.44. The minimum atomic E-state index is -3.48. The topological polar surface area (TPSA) is 69.7 Å². The normalized spacial score (nSPS) is 19.1. The van der Waals surface area contributed by atoms with Crippen LogP contribution in [0.1, 0.15) is 37.8 Å². The van der Waals surface area contributed by atoms with E-state index in [0.29, 0.717) is 32.6 Å². The Morgan fingerprint density at radius 3 is 2.48 bits per heavy atom. The lowest BCUT2D eigenvalue weighted by Gasteiger charge is -2.34. The number of hydrogen-bond donors (Lipinski definition) is 1. The lowest BCUT2D eigenvalue weighted by atomic mass is 9.98. The van der Waals surface area contributed by atoms with Crippen molar-refractivity contribution in [2.24, 2.45) is 5.92 Å². The van der Waals surface area contributed by atoms with E-state index in [9.17, 15) is 13.2 Å². The van der Waals surface area contributed by atoms with Gasteiger partial charge < -0.3 is 5.32 Å². The van der Waals surface area contributed by atoms with Gasteiger partial charge in [0.25, 0.3) is 10.2 Å². The summed E-state index contributed by atoms with van der Waals surface area (Å²) in [6, 6.07) is 8.02. The molecule has 1 aliphatic heterocycles. The first-order chi connectivity index (χ1) is 11.9. The zero-order chi connectivity index (χ0) is 18.4. The Balaban J connectivity index is 1.95. The molecular formula is C18H29N3O3S. The van der Waals surface area contributed by atoms with Gasteiger partial charge in [0.05, 0.1) is 5.92 Å². The lowest BCUT2D eigenvalue weighted by molar-refractivity contribution is -0.126. The third-order valence-corrected chi connectivity index (χ3v) is 6.85. The molecule has 0 spiro atoms. The highest BCUT2D eigenvalue weighted by Crippen LogP contribution is 2.21. The van der Waals surface area contributed by atoms with Gasteiger partial charge in [-0.05, 0) is 25.3 Å². The van der Waals surface area contributed by atoms with Crippen molar-refractivity contribution in [1.82, 2.24) is 13.9 Å². The van der Waals surface area contributed by atoms with Crippen LogP contribution < -0.4 is 5.32 Å². The van der Waals surface area contributed by atoms with E-state index in [1.54, 1.807) is 0 Å². The Morgan fingerprint density at radius 2 is 1.88 bits per heavy atom. The molecule has 1 aromatic rings. The van der Waals surface area contributed by atoms with Crippen molar-refractivity contribution in [2.45, 2.75) is 40.2 Å². The highest BCUT2D eigenvalue weighted by atomic mass is 32.2. The average Bonchev–Trinajstić information content (AvgIpc) is 2.62. The van der Waals surface area contributed by atoms with Crippen LogP contribution in [0.5, 0.6) is 0 Å². The average molecular weight is 368 g/mol. The van der Waals surface area contributed by atoms with E-state index in [4.69, 9.17) is 0 Å².